The molecule has 2 unspecified atom stereocenters. The summed E-state index contributed by atoms with van der Waals surface area (Å²) in [5.41, 5.74) is 2.95. The molecule has 100 valence electrons. The summed E-state index contributed by atoms with van der Waals surface area (Å²) < 4.78 is 0. The highest BCUT2D eigenvalue weighted by atomic mass is 15.1. The Labute approximate surface area is 116 Å². The molecular formula is C18H23N. The molecule has 2 aliphatic rings. The molecule has 1 aromatic carbocycles. The van der Waals surface area contributed by atoms with Crippen LogP contribution in [0, 0.1) is 11.8 Å². The van der Waals surface area contributed by atoms with Crippen molar-refractivity contribution in [2.45, 2.75) is 25.3 Å². The lowest BCUT2D eigenvalue weighted by Crippen LogP contribution is -2.39. The van der Waals surface area contributed by atoms with Gasteiger partial charge in [0.25, 0.3) is 0 Å². The summed E-state index contributed by atoms with van der Waals surface area (Å²) in [6, 6.07) is 11.5. The minimum atomic E-state index is 0.569. The van der Waals surface area contributed by atoms with Gasteiger partial charge in [0.15, 0.2) is 0 Å². The van der Waals surface area contributed by atoms with Crippen molar-refractivity contribution in [1.29, 1.82) is 0 Å². The molecule has 0 radical (unpaired) electrons. The van der Waals surface area contributed by atoms with Crippen molar-refractivity contribution in [3.63, 3.8) is 0 Å². The van der Waals surface area contributed by atoms with Crippen molar-refractivity contribution in [1.82, 2.24) is 4.90 Å². The van der Waals surface area contributed by atoms with Crippen LogP contribution in [0.3, 0.4) is 0 Å². The standard InChI is InChI=1S/C18H23N/c1-3-11-19(2)18-16-10-9-14(12-16)13-17(18)15-7-5-4-6-8-15/h3-8,13-14,16,18H,1,9-12H2,2H3/t14?,16?,18-/m0/s1. The molecule has 1 saturated carbocycles. The average Bonchev–Trinajstić information content (AvgIpc) is 2.81. The Morgan fingerprint density at radius 3 is 2.79 bits per heavy atom. The third-order valence-corrected chi connectivity index (χ3v) is 4.69. The molecule has 0 spiro atoms. The first-order chi connectivity index (χ1) is 9.29. The lowest BCUT2D eigenvalue weighted by atomic mass is 9.81. The number of hydrogen-bond donors (Lipinski definition) is 0. The topological polar surface area (TPSA) is 3.24 Å². The highest BCUT2D eigenvalue weighted by Gasteiger charge is 2.38. The fourth-order valence-corrected chi connectivity index (χ4v) is 3.91. The van der Waals surface area contributed by atoms with Gasteiger partial charge >= 0.3 is 0 Å². The zero-order chi connectivity index (χ0) is 13.2. The molecular weight excluding hydrogens is 230 g/mol. The van der Waals surface area contributed by atoms with Crippen molar-refractivity contribution in [3.8, 4) is 0 Å². The molecule has 0 saturated heterocycles. The van der Waals surface area contributed by atoms with Gasteiger partial charge in [-0.05, 0) is 49.3 Å². The molecule has 2 bridgehead atoms. The molecule has 0 aliphatic heterocycles. The predicted molar refractivity (Wildman–Crippen MR) is 81.9 cm³/mol. The first kappa shape index (κ1) is 12.7. The van der Waals surface area contributed by atoms with Crippen molar-refractivity contribution < 1.29 is 0 Å². The zero-order valence-electron chi connectivity index (χ0n) is 11.8. The van der Waals surface area contributed by atoms with Crippen molar-refractivity contribution in [3.05, 3.63) is 54.6 Å². The van der Waals surface area contributed by atoms with E-state index in [4.69, 9.17) is 0 Å². The highest BCUT2D eigenvalue weighted by molar-refractivity contribution is 5.71. The quantitative estimate of drug-likeness (QED) is 0.733. The van der Waals surface area contributed by atoms with E-state index >= 15 is 0 Å². The van der Waals surface area contributed by atoms with Crippen LogP contribution in [0.25, 0.3) is 5.57 Å². The van der Waals surface area contributed by atoms with Gasteiger partial charge in [0.05, 0.1) is 0 Å². The molecule has 1 aromatic rings. The van der Waals surface area contributed by atoms with Gasteiger partial charge in [-0.15, -0.1) is 6.58 Å². The number of benzene rings is 1. The van der Waals surface area contributed by atoms with Crippen LogP contribution in [0.4, 0.5) is 0 Å². The average molecular weight is 253 g/mol. The van der Waals surface area contributed by atoms with Crippen LogP contribution in [-0.2, 0) is 0 Å². The second kappa shape index (κ2) is 5.34. The van der Waals surface area contributed by atoms with Crippen molar-refractivity contribution in [2.75, 3.05) is 13.6 Å². The Morgan fingerprint density at radius 2 is 2.05 bits per heavy atom. The van der Waals surface area contributed by atoms with E-state index in [2.05, 4.69) is 54.9 Å². The fourth-order valence-electron chi connectivity index (χ4n) is 3.91. The SMILES string of the molecule is C=CCN(C)[C@@H]1C(c2ccccc2)=CC2CCC1C2. The van der Waals surface area contributed by atoms with E-state index in [9.17, 15) is 0 Å². The van der Waals surface area contributed by atoms with Crippen LogP contribution in [-0.4, -0.2) is 24.5 Å². The van der Waals surface area contributed by atoms with Crippen LogP contribution in [0.1, 0.15) is 24.8 Å². The van der Waals surface area contributed by atoms with E-state index in [0.717, 1.165) is 18.4 Å². The molecule has 0 heterocycles. The van der Waals surface area contributed by atoms with Gasteiger partial charge in [-0.1, -0.05) is 42.5 Å². The summed E-state index contributed by atoms with van der Waals surface area (Å²) in [6.45, 7) is 4.86. The Bertz CT molecular complexity index is 474. The Kier molecular flexibility index (Phi) is 3.56. The molecule has 3 rings (SSSR count). The number of fused-ring (bicyclic) bond motifs is 2. The first-order valence-electron chi connectivity index (χ1n) is 7.38. The molecule has 0 aromatic heterocycles. The minimum absolute atomic E-state index is 0.569. The predicted octanol–water partition coefficient (Wildman–Crippen LogP) is 3.99. The molecule has 1 fully saturated rings. The van der Waals surface area contributed by atoms with Crippen molar-refractivity contribution >= 4 is 5.57 Å². The summed E-state index contributed by atoms with van der Waals surface area (Å²) in [5, 5.41) is 0. The highest BCUT2D eigenvalue weighted by Crippen LogP contribution is 2.45. The van der Waals surface area contributed by atoms with Gasteiger partial charge < -0.3 is 0 Å². The molecule has 1 heteroatoms. The number of likely N-dealkylation sites (N-methyl/N-ethyl adjacent to an activating group) is 1. The maximum atomic E-state index is 3.89. The molecule has 19 heavy (non-hydrogen) atoms. The van der Waals surface area contributed by atoms with E-state index in [1.54, 1.807) is 5.57 Å². The zero-order valence-corrected chi connectivity index (χ0v) is 11.8. The van der Waals surface area contributed by atoms with Gasteiger partial charge in [0, 0.05) is 12.6 Å². The van der Waals surface area contributed by atoms with Crippen LogP contribution in [0.5, 0.6) is 0 Å². The second-order valence-corrected chi connectivity index (χ2v) is 5.99. The Hall–Kier alpha value is -1.34. The Balaban J connectivity index is 1.96. The summed E-state index contributed by atoms with van der Waals surface area (Å²) in [7, 11) is 2.24. The van der Waals surface area contributed by atoms with E-state index < -0.39 is 0 Å². The monoisotopic (exact) mass is 253 g/mol. The largest absolute Gasteiger partial charge is 0.295 e. The first-order valence-corrected chi connectivity index (χ1v) is 7.38. The lowest BCUT2D eigenvalue weighted by Gasteiger charge is -2.37. The lowest BCUT2D eigenvalue weighted by molar-refractivity contribution is 0.236. The van der Waals surface area contributed by atoms with Crippen LogP contribution in [0.15, 0.2) is 49.1 Å². The molecule has 0 N–H and O–H groups in total. The van der Waals surface area contributed by atoms with Gasteiger partial charge in [-0.2, -0.15) is 0 Å². The maximum Gasteiger partial charge on any atom is 0.0379 e. The third kappa shape index (κ3) is 2.40. The number of allylic oxidation sites excluding steroid dienone is 1. The number of hydrogen-bond acceptors (Lipinski definition) is 1. The summed E-state index contributed by atoms with van der Waals surface area (Å²) >= 11 is 0. The van der Waals surface area contributed by atoms with Gasteiger partial charge in [-0.3, -0.25) is 4.90 Å². The normalized spacial score (nSPS) is 29.4. The van der Waals surface area contributed by atoms with Crippen LogP contribution in [0.2, 0.25) is 0 Å². The minimum Gasteiger partial charge on any atom is -0.295 e. The van der Waals surface area contributed by atoms with E-state index in [0.29, 0.717) is 6.04 Å². The second-order valence-electron chi connectivity index (χ2n) is 5.99. The fraction of sp³-hybridized carbons (Fsp3) is 0.444. The number of rotatable bonds is 4. The molecule has 2 aliphatic carbocycles. The van der Waals surface area contributed by atoms with E-state index in [1.165, 1.54) is 24.8 Å². The summed E-state index contributed by atoms with van der Waals surface area (Å²) in [5.74, 6) is 1.64. The van der Waals surface area contributed by atoms with Crippen LogP contribution >= 0.6 is 0 Å². The third-order valence-electron chi connectivity index (χ3n) is 4.69. The maximum absolute atomic E-state index is 3.89. The molecule has 3 atom stereocenters. The summed E-state index contributed by atoms with van der Waals surface area (Å²) in [6.07, 6.45) is 8.69. The van der Waals surface area contributed by atoms with Gasteiger partial charge in [0.2, 0.25) is 0 Å². The number of nitrogens with zero attached hydrogens (tertiary/aromatic N) is 1. The van der Waals surface area contributed by atoms with Crippen molar-refractivity contribution in [2.24, 2.45) is 11.8 Å². The molecule has 1 nitrogen and oxygen atoms in total. The smallest absolute Gasteiger partial charge is 0.0379 e. The van der Waals surface area contributed by atoms with Gasteiger partial charge in [0.1, 0.15) is 0 Å². The van der Waals surface area contributed by atoms with E-state index in [1.807, 2.05) is 6.08 Å². The van der Waals surface area contributed by atoms with Gasteiger partial charge in [-0.25, -0.2) is 0 Å². The Morgan fingerprint density at radius 1 is 1.26 bits per heavy atom. The van der Waals surface area contributed by atoms with Crippen LogP contribution < -0.4 is 0 Å². The molecule has 0 amide bonds. The van der Waals surface area contributed by atoms with E-state index in [-0.39, 0.29) is 0 Å². The summed E-state index contributed by atoms with van der Waals surface area (Å²) in [4.78, 5) is 2.47.